The Kier molecular flexibility index (Phi) is 10.7. The van der Waals surface area contributed by atoms with Gasteiger partial charge in [0, 0.05) is 23.4 Å². The van der Waals surface area contributed by atoms with E-state index in [9.17, 15) is 32.3 Å². The number of carboxylic acid groups (broad SMARTS) is 1. The van der Waals surface area contributed by atoms with Crippen LogP contribution in [0.1, 0.15) is 5.82 Å². The van der Waals surface area contributed by atoms with Crippen LogP contribution in [0.5, 0.6) is 0 Å². The predicted molar refractivity (Wildman–Crippen MR) is 147 cm³/mol. The van der Waals surface area contributed by atoms with E-state index < -0.39 is 63.0 Å². The van der Waals surface area contributed by atoms with Crippen molar-refractivity contribution < 1.29 is 75.8 Å². The molecule has 0 aliphatic carbocycles. The Morgan fingerprint density at radius 2 is 2.18 bits per heavy atom. The number of aromatic nitrogens is 5. The first-order chi connectivity index (χ1) is 20.5. The minimum atomic E-state index is -4.70. The van der Waals surface area contributed by atoms with Crippen LogP contribution in [0.25, 0.3) is 5.65 Å². The average Bonchev–Trinajstić information content (AvgIpc) is 3.56. The maximum Gasteiger partial charge on any atom is 1.00 e. The summed E-state index contributed by atoms with van der Waals surface area (Å²) in [4.78, 5) is 47.0. The van der Waals surface area contributed by atoms with Gasteiger partial charge in [-0.3, -0.25) is 19.0 Å². The number of β-lactam (4-membered cyclic amide) rings is 1. The number of nitrogens with one attached hydrogen (secondary N) is 2. The Balaban J connectivity index is 0.00000442. The third kappa shape index (κ3) is 7.22. The number of alkyl halides is 1. The second kappa shape index (κ2) is 13.9. The minimum Gasteiger partial charge on any atom is -0.543 e. The molecule has 0 bridgehead atoms. The molecule has 44 heavy (non-hydrogen) atoms. The fourth-order valence-corrected chi connectivity index (χ4v) is 7.13. The molecule has 0 unspecified atom stereocenters. The molecule has 2 atom stereocenters. The molecule has 0 saturated carbocycles. The van der Waals surface area contributed by atoms with Gasteiger partial charge in [0.2, 0.25) is 16.7 Å². The van der Waals surface area contributed by atoms with E-state index >= 15 is 0 Å². The summed E-state index contributed by atoms with van der Waals surface area (Å²) in [6, 6.07) is 2.47. The standard InChI is InChI=1S/C21H18FN9O8S4.Na/c1-29-5-6-30-12(29)3-2-11(25-30)40-7-4-10-8-41-19-14(18(33)31(19)15(10)20(34)35)23-17(32)13(26-39-9-22)16-24-21(42-27-16)28-43(36,37)38;/h2-7,14,19H,8-9H2,1H3,(H3-,23,24,27,28,32,34,35,36,37,38);/q;+1/b7-4+,26-13-;/t14-,19-;/m1./s1. The van der Waals surface area contributed by atoms with E-state index in [0.717, 1.165) is 10.5 Å². The monoisotopic (exact) mass is 694 g/mol. The molecular formula is C21H18FN9NaO8S4+. The number of rotatable bonds is 11. The number of fused-ring (bicyclic) bond motifs is 2. The Labute approximate surface area is 281 Å². The number of hydrogen-bond acceptors (Lipinski definition) is 14. The van der Waals surface area contributed by atoms with E-state index in [1.807, 2.05) is 23.9 Å². The molecule has 2 amide bonds. The van der Waals surface area contributed by atoms with Crippen LogP contribution in [-0.4, -0.2) is 84.4 Å². The predicted octanol–water partition coefficient (Wildman–Crippen LogP) is -4.41. The Morgan fingerprint density at radius 3 is 2.89 bits per heavy atom. The Morgan fingerprint density at radius 1 is 1.41 bits per heavy atom. The van der Waals surface area contributed by atoms with Crippen molar-refractivity contribution in [2.75, 3.05) is 17.3 Å². The normalized spacial score (nSPS) is 18.6. The van der Waals surface area contributed by atoms with E-state index in [1.165, 1.54) is 23.5 Å². The number of nitrogens with zero attached hydrogens (tertiary/aromatic N) is 7. The van der Waals surface area contributed by atoms with Crippen LogP contribution < -0.4 is 49.3 Å². The zero-order chi connectivity index (χ0) is 30.9. The number of thioether (sulfide) groups is 2. The maximum absolute atomic E-state index is 13.0. The van der Waals surface area contributed by atoms with Crippen molar-refractivity contribution in [3.63, 3.8) is 0 Å². The van der Waals surface area contributed by atoms with Gasteiger partial charge in [-0.05, 0) is 23.1 Å². The van der Waals surface area contributed by atoms with Gasteiger partial charge in [-0.15, -0.1) is 16.3 Å². The molecule has 0 aromatic carbocycles. The van der Waals surface area contributed by atoms with Gasteiger partial charge in [0.1, 0.15) is 22.6 Å². The molecule has 5 rings (SSSR count). The third-order valence-electron chi connectivity index (χ3n) is 5.82. The van der Waals surface area contributed by atoms with Gasteiger partial charge in [0.05, 0.1) is 18.7 Å². The summed E-state index contributed by atoms with van der Waals surface area (Å²) >= 11 is 2.85. The SMILES string of the molecule is C[n+]1ccn2nc(S/C=C/C3=C(C(=O)[O-])N4C(=O)[C@@H](NC(=O)/C(=N\OCF)c5nsc(NS(=O)(=O)O)n5)[C@H]4SC3)ccc21.[Na+]. The number of amides is 2. The molecule has 17 nitrogen and oxygen atoms in total. The van der Waals surface area contributed by atoms with Crippen LogP contribution >= 0.6 is 35.1 Å². The number of allylic oxidation sites excluding steroid dienone is 1. The fraction of sp³-hybridized carbons (Fsp3) is 0.238. The number of imidazole rings is 1. The van der Waals surface area contributed by atoms with Crippen molar-refractivity contribution in [3.05, 3.63) is 53.1 Å². The first-order valence-corrected chi connectivity index (χ1v) is 15.8. The van der Waals surface area contributed by atoms with E-state index in [1.54, 1.807) is 33.0 Å². The number of aryl methyl sites for hydroxylation is 1. The van der Waals surface area contributed by atoms with Crippen LogP contribution in [0, 0.1) is 0 Å². The van der Waals surface area contributed by atoms with Gasteiger partial charge < -0.3 is 20.1 Å². The first kappa shape index (κ1) is 33.8. The molecule has 0 radical (unpaired) electrons. The molecule has 23 heteroatoms. The largest absolute Gasteiger partial charge is 1.00 e. The molecule has 3 aromatic rings. The van der Waals surface area contributed by atoms with Crippen molar-refractivity contribution in [3.8, 4) is 0 Å². The topological polar surface area (TPSA) is 224 Å². The molecule has 5 heterocycles. The summed E-state index contributed by atoms with van der Waals surface area (Å²) in [6.07, 6.45) is 5.18. The maximum atomic E-state index is 13.0. The quantitative estimate of drug-likeness (QED) is 0.0328. The van der Waals surface area contributed by atoms with Crippen molar-refractivity contribution >= 4 is 79.6 Å². The molecular weight excluding hydrogens is 677 g/mol. The number of halogens is 1. The van der Waals surface area contributed by atoms with E-state index in [0.29, 0.717) is 22.1 Å². The number of carbonyl (C=O) groups excluding carboxylic acids is 3. The van der Waals surface area contributed by atoms with Gasteiger partial charge in [0.15, 0.2) is 6.20 Å². The van der Waals surface area contributed by atoms with Gasteiger partial charge in [-0.2, -0.15) is 17.8 Å². The number of carboxylic acids is 1. The zero-order valence-electron chi connectivity index (χ0n) is 22.5. The molecule has 1 fully saturated rings. The number of carbonyl (C=O) groups is 3. The van der Waals surface area contributed by atoms with E-state index in [-0.39, 0.29) is 41.0 Å². The zero-order valence-corrected chi connectivity index (χ0v) is 27.7. The summed E-state index contributed by atoms with van der Waals surface area (Å²) in [5.74, 6) is -3.78. The molecule has 226 valence electrons. The molecule has 3 N–H and O–H groups in total. The summed E-state index contributed by atoms with van der Waals surface area (Å²) in [5.41, 5.74) is 0.123. The van der Waals surface area contributed by atoms with Crippen molar-refractivity contribution in [2.24, 2.45) is 12.2 Å². The summed E-state index contributed by atoms with van der Waals surface area (Å²) < 4.78 is 52.5. The van der Waals surface area contributed by atoms with Crippen molar-refractivity contribution in [2.45, 2.75) is 16.4 Å². The van der Waals surface area contributed by atoms with Crippen molar-refractivity contribution in [1.29, 1.82) is 0 Å². The minimum absolute atomic E-state index is 0. The fourth-order valence-electron chi connectivity index (χ4n) is 4.00. The van der Waals surface area contributed by atoms with Gasteiger partial charge in [-0.25, -0.2) is 13.7 Å². The number of oxime groups is 1. The number of aliphatic carboxylic acids is 1. The summed E-state index contributed by atoms with van der Waals surface area (Å²) in [7, 11) is -2.82. The van der Waals surface area contributed by atoms with Gasteiger partial charge in [0.25, 0.3) is 18.7 Å². The molecule has 3 aromatic heterocycles. The van der Waals surface area contributed by atoms with Crippen molar-refractivity contribution in [1.82, 2.24) is 29.2 Å². The van der Waals surface area contributed by atoms with Crippen LogP contribution in [0.4, 0.5) is 9.52 Å². The summed E-state index contributed by atoms with van der Waals surface area (Å²) in [5, 5.41) is 23.2. The second-order valence-electron chi connectivity index (χ2n) is 8.50. The van der Waals surface area contributed by atoms with Crippen LogP contribution in [0.15, 0.2) is 57.5 Å². The first-order valence-electron chi connectivity index (χ1n) is 11.7. The van der Waals surface area contributed by atoms with E-state index in [2.05, 4.69) is 29.8 Å². The number of anilines is 1. The van der Waals surface area contributed by atoms with Crippen LogP contribution in [0.3, 0.4) is 0 Å². The van der Waals surface area contributed by atoms with E-state index in [4.69, 9.17) is 4.55 Å². The Hall–Kier alpha value is -3.12. The smallest absolute Gasteiger partial charge is 0.543 e. The van der Waals surface area contributed by atoms with Crippen LogP contribution in [-0.2, 0) is 36.6 Å². The average molecular weight is 695 g/mol. The Bertz CT molecular complexity index is 1830. The molecule has 2 aliphatic heterocycles. The van der Waals surface area contributed by atoms with Gasteiger partial charge in [-0.1, -0.05) is 22.0 Å². The molecule has 2 aliphatic rings. The van der Waals surface area contributed by atoms with Crippen LogP contribution in [0.2, 0.25) is 0 Å². The molecule has 1 saturated heterocycles. The van der Waals surface area contributed by atoms with Gasteiger partial charge >= 0.3 is 45.5 Å². The molecule has 0 spiro atoms. The number of hydrogen-bond donors (Lipinski definition) is 3. The second-order valence-corrected chi connectivity index (χ2v) is 12.4. The summed E-state index contributed by atoms with van der Waals surface area (Å²) in [6.45, 7) is -1.43. The third-order valence-corrected chi connectivity index (χ3v) is 9.06.